The Labute approximate surface area is 189 Å². The van der Waals surface area contributed by atoms with E-state index in [2.05, 4.69) is 37.4 Å². The minimum absolute atomic E-state index is 0.0106. The van der Waals surface area contributed by atoms with Crippen molar-refractivity contribution in [2.24, 2.45) is 5.92 Å². The van der Waals surface area contributed by atoms with Crippen molar-refractivity contribution >= 4 is 23.2 Å². The Morgan fingerprint density at radius 2 is 1.94 bits per heavy atom. The van der Waals surface area contributed by atoms with E-state index in [1.165, 1.54) is 16.0 Å². The molecule has 166 valence electrons. The second kappa shape index (κ2) is 9.43. The summed E-state index contributed by atoms with van der Waals surface area (Å²) in [6, 6.07) is 10.2. The van der Waals surface area contributed by atoms with Gasteiger partial charge in [-0.1, -0.05) is 26.0 Å². The van der Waals surface area contributed by atoms with E-state index in [0.29, 0.717) is 25.6 Å². The van der Waals surface area contributed by atoms with Gasteiger partial charge in [-0.3, -0.25) is 9.59 Å². The van der Waals surface area contributed by atoms with Crippen LogP contribution in [0.1, 0.15) is 61.6 Å². The van der Waals surface area contributed by atoms with E-state index in [1.54, 1.807) is 16.2 Å². The first-order valence-electron chi connectivity index (χ1n) is 11.3. The van der Waals surface area contributed by atoms with Crippen molar-refractivity contribution in [2.45, 2.75) is 52.0 Å². The van der Waals surface area contributed by atoms with Crippen molar-refractivity contribution in [3.05, 3.63) is 51.7 Å². The molecule has 5 nitrogen and oxygen atoms in total. The van der Waals surface area contributed by atoms with Gasteiger partial charge in [0.25, 0.3) is 0 Å². The number of fused-ring (bicyclic) bond motifs is 1. The molecule has 1 unspecified atom stereocenters. The summed E-state index contributed by atoms with van der Waals surface area (Å²) < 4.78 is 6.14. The molecule has 1 aliphatic heterocycles. The van der Waals surface area contributed by atoms with E-state index in [9.17, 15) is 9.59 Å². The van der Waals surface area contributed by atoms with E-state index in [0.717, 1.165) is 25.0 Å². The van der Waals surface area contributed by atoms with Crippen LogP contribution in [0.4, 0.5) is 0 Å². The first-order valence-corrected chi connectivity index (χ1v) is 12.2. The van der Waals surface area contributed by atoms with Gasteiger partial charge in [0.05, 0.1) is 12.6 Å². The molecule has 2 aromatic rings. The third kappa shape index (κ3) is 4.95. The first-order chi connectivity index (χ1) is 15.0. The highest BCUT2D eigenvalue weighted by atomic mass is 32.1. The second-order valence-electron chi connectivity index (χ2n) is 8.81. The van der Waals surface area contributed by atoms with Gasteiger partial charge in [0.2, 0.25) is 11.8 Å². The summed E-state index contributed by atoms with van der Waals surface area (Å²) >= 11 is 1.75. The van der Waals surface area contributed by atoms with Crippen molar-refractivity contribution < 1.29 is 14.3 Å². The predicted octanol–water partition coefficient (Wildman–Crippen LogP) is 4.63. The van der Waals surface area contributed by atoms with Crippen molar-refractivity contribution in [3.63, 3.8) is 0 Å². The Kier molecular flexibility index (Phi) is 6.65. The maximum absolute atomic E-state index is 13.3. The van der Waals surface area contributed by atoms with Crippen molar-refractivity contribution in [1.29, 1.82) is 0 Å². The van der Waals surface area contributed by atoms with Gasteiger partial charge in [0, 0.05) is 23.9 Å². The third-order valence-electron chi connectivity index (χ3n) is 6.32. The Hall–Kier alpha value is -2.34. The molecule has 2 amide bonds. The molecule has 2 aliphatic rings. The lowest BCUT2D eigenvalue weighted by atomic mass is 10.00. The maximum Gasteiger partial charge on any atom is 0.242 e. The molecule has 1 aromatic carbocycles. The maximum atomic E-state index is 13.3. The van der Waals surface area contributed by atoms with Gasteiger partial charge in [0.1, 0.15) is 12.4 Å². The lowest BCUT2D eigenvalue weighted by molar-refractivity contribution is -0.143. The normalized spacial score (nSPS) is 18.1. The summed E-state index contributed by atoms with van der Waals surface area (Å²) in [5.41, 5.74) is 2.46. The van der Waals surface area contributed by atoms with Gasteiger partial charge in [-0.05, 0) is 66.8 Å². The molecular formula is C25H32N2O3S. The van der Waals surface area contributed by atoms with Gasteiger partial charge in [0.15, 0.2) is 0 Å². The number of hydrogen-bond donors (Lipinski definition) is 0. The fraction of sp³-hybridized carbons (Fsp3) is 0.520. The molecule has 1 aromatic heterocycles. The van der Waals surface area contributed by atoms with Crippen LogP contribution in [0.25, 0.3) is 0 Å². The molecule has 0 N–H and O–H groups in total. The number of likely N-dealkylation sites (N-methyl/N-ethyl adjacent to an activating group) is 1. The Bertz CT molecular complexity index is 917. The number of ether oxygens (including phenoxy) is 1. The van der Waals surface area contributed by atoms with Crippen LogP contribution in [0.5, 0.6) is 5.75 Å². The zero-order chi connectivity index (χ0) is 22.0. The lowest BCUT2D eigenvalue weighted by Gasteiger charge is -2.37. The molecule has 0 radical (unpaired) electrons. The van der Waals surface area contributed by atoms with E-state index < -0.39 is 0 Å². The molecule has 4 rings (SSSR count). The Morgan fingerprint density at radius 1 is 1.19 bits per heavy atom. The second-order valence-corrected chi connectivity index (χ2v) is 9.81. The Balaban J connectivity index is 1.47. The molecule has 1 aliphatic carbocycles. The van der Waals surface area contributed by atoms with Crippen molar-refractivity contribution in [1.82, 2.24) is 9.80 Å². The van der Waals surface area contributed by atoms with Crippen molar-refractivity contribution in [2.75, 3.05) is 26.2 Å². The number of rotatable bonds is 8. The van der Waals surface area contributed by atoms with Crippen LogP contribution in [-0.4, -0.2) is 47.9 Å². The topological polar surface area (TPSA) is 49.9 Å². The summed E-state index contributed by atoms with van der Waals surface area (Å²) in [5, 5.41) is 2.10. The fourth-order valence-corrected chi connectivity index (χ4v) is 5.12. The lowest BCUT2D eigenvalue weighted by Crippen LogP contribution is -2.48. The molecule has 1 atom stereocenters. The molecule has 31 heavy (non-hydrogen) atoms. The van der Waals surface area contributed by atoms with Crippen LogP contribution >= 0.6 is 11.3 Å². The highest BCUT2D eigenvalue weighted by molar-refractivity contribution is 7.10. The summed E-state index contributed by atoms with van der Waals surface area (Å²) in [4.78, 5) is 30.7. The molecule has 6 heteroatoms. The minimum atomic E-state index is -0.123. The van der Waals surface area contributed by atoms with Crippen LogP contribution < -0.4 is 4.74 Å². The minimum Gasteiger partial charge on any atom is -0.491 e. The van der Waals surface area contributed by atoms with E-state index in [1.807, 2.05) is 24.0 Å². The number of benzene rings is 1. The quantitative estimate of drug-likeness (QED) is 0.601. The summed E-state index contributed by atoms with van der Waals surface area (Å²) in [6.45, 7) is 8.11. The molecule has 0 saturated heterocycles. The zero-order valence-corrected chi connectivity index (χ0v) is 19.5. The van der Waals surface area contributed by atoms with Crippen molar-refractivity contribution in [3.8, 4) is 5.75 Å². The monoisotopic (exact) mass is 440 g/mol. The molecule has 1 fully saturated rings. The summed E-state index contributed by atoms with van der Waals surface area (Å²) in [5.74, 6) is 1.57. The largest absolute Gasteiger partial charge is 0.491 e. The van der Waals surface area contributed by atoms with Crippen LogP contribution in [0.2, 0.25) is 0 Å². The predicted molar refractivity (Wildman–Crippen MR) is 123 cm³/mol. The van der Waals surface area contributed by atoms with Crippen LogP contribution in [0, 0.1) is 5.92 Å². The standard InChI is InChI=1S/C25H32N2O3S/c1-4-26(25(29)19-5-6-19)15-24(28)27-13-11-23-21(12-14-31-23)22(27)16-30-20-9-7-18(8-10-20)17(2)3/h7-10,12,14,17,19,22H,4-6,11,13,15-16H2,1-3H3. The molecule has 1 saturated carbocycles. The van der Waals surface area contributed by atoms with Crippen LogP contribution in [-0.2, 0) is 16.0 Å². The van der Waals surface area contributed by atoms with Gasteiger partial charge in [-0.2, -0.15) is 0 Å². The van der Waals surface area contributed by atoms with Crippen LogP contribution in [0.15, 0.2) is 35.7 Å². The van der Waals surface area contributed by atoms with E-state index in [4.69, 9.17) is 4.74 Å². The number of carbonyl (C=O) groups is 2. The van der Waals surface area contributed by atoms with Gasteiger partial charge < -0.3 is 14.5 Å². The summed E-state index contributed by atoms with van der Waals surface area (Å²) in [7, 11) is 0. The number of hydrogen-bond acceptors (Lipinski definition) is 4. The number of thiophene rings is 1. The number of amides is 2. The first kappa shape index (κ1) is 21.9. The smallest absolute Gasteiger partial charge is 0.242 e. The van der Waals surface area contributed by atoms with E-state index >= 15 is 0 Å². The third-order valence-corrected chi connectivity index (χ3v) is 7.31. The average molecular weight is 441 g/mol. The number of carbonyl (C=O) groups excluding carboxylic acids is 2. The Morgan fingerprint density at radius 3 is 2.58 bits per heavy atom. The van der Waals surface area contributed by atoms with Gasteiger partial charge in [-0.25, -0.2) is 0 Å². The zero-order valence-electron chi connectivity index (χ0n) is 18.7. The van der Waals surface area contributed by atoms with Gasteiger partial charge >= 0.3 is 0 Å². The fourth-order valence-electron chi connectivity index (χ4n) is 4.19. The molecule has 2 heterocycles. The molecular weight excluding hydrogens is 408 g/mol. The van der Waals surface area contributed by atoms with Crippen LogP contribution in [0.3, 0.4) is 0 Å². The molecule has 0 spiro atoms. The average Bonchev–Trinajstić information content (AvgIpc) is 3.52. The summed E-state index contributed by atoms with van der Waals surface area (Å²) in [6.07, 6.45) is 2.77. The number of nitrogens with zero attached hydrogens (tertiary/aromatic N) is 2. The highest BCUT2D eigenvalue weighted by Gasteiger charge is 2.36. The SMILES string of the molecule is CCN(CC(=O)N1CCc2sccc2C1COc1ccc(C(C)C)cc1)C(=O)C1CC1. The van der Waals surface area contributed by atoms with Gasteiger partial charge in [-0.15, -0.1) is 11.3 Å². The highest BCUT2D eigenvalue weighted by Crippen LogP contribution is 2.35. The molecule has 0 bridgehead atoms. The van der Waals surface area contributed by atoms with E-state index in [-0.39, 0.29) is 30.3 Å².